The second kappa shape index (κ2) is 4.23. The van der Waals surface area contributed by atoms with Crippen molar-refractivity contribution in [3.05, 3.63) is 12.7 Å². The minimum absolute atomic E-state index is 0.141. The van der Waals surface area contributed by atoms with Gasteiger partial charge >= 0.3 is 0 Å². The van der Waals surface area contributed by atoms with Crippen LogP contribution in [0.3, 0.4) is 0 Å². The first kappa shape index (κ1) is 11.7. The SMILES string of the molecule is C=CC(=O)N1CCC(C(C)C)CC12CCC2. The van der Waals surface area contributed by atoms with Gasteiger partial charge in [-0.15, -0.1) is 0 Å². The molecule has 2 rings (SSSR count). The van der Waals surface area contributed by atoms with Crippen molar-refractivity contribution in [3.63, 3.8) is 0 Å². The van der Waals surface area contributed by atoms with Crippen LogP contribution in [0.4, 0.5) is 0 Å². The van der Waals surface area contributed by atoms with E-state index >= 15 is 0 Å². The zero-order chi connectivity index (χ0) is 11.8. The predicted molar refractivity (Wildman–Crippen MR) is 66.1 cm³/mol. The van der Waals surface area contributed by atoms with Gasteiger partial charge in [0.1, 0.15) is 0 Å². The van der Waals surface area contributed by atoms with Crippen molar-refractivity contribution >= 4 is 5.91 Å². The monoisotopic (exact) mass is 221 g/mol. The van der Waals surface area contributed by atoms with E-state index in [1.54, 1.807) is 0 Å². The third kappa shape index (κ3) is 1.79. The molecule has 2 nitrogen and oxygen atoms in total. The van der Waals surface area contributed by atoms with Gasteiger partial charge < -0.3 is 4.90 Å². The summed E-state index contributed by atoms with van der Waals surface area (Å²) < 4.78 is 0. The van der Waals surface area contributed by atoms with Crippen molar-refractivity contribution in [1.29, 1.82) is 0 Å². The topological polar surface area (TPSA) is 20.3 Å². The third-order valence-corrected chi connectivity index (χ3v) is 4.61. The fourth-order valence-corrected chi connectivity index (χ4v) is 3.31. The fraction of sp³-hybridized carbons (Fsp3) is 0.786. The Morgan fingerprint density at radius 3 is 2.62 bits per heavy atom. The number of likely N-dealkylation sites (tertiary alicyclic amines) is 1. The van der Waals surface area contributed by atoms with Crippen LogP contribution in [-0.4, -0.2) is 22.9 Å². The van der Waals surface area contributed by atoms with Crippen molar-refractivity contribution in [1.82, 2.24) is 4.90 Å². The Kier molecular flexibility index (Phi) is 3.09. The van der Waals surface area contributed by atoms with Gasteiger partial charge in [0.05, 0.1) is 0 Å². The first-order valence-corrected chi connectivity index (χ1v) is 6.53. The van der Waals surface area contributed by atoms with E-state index in [-0.39, 0.29) is 11.4 Å². The number of amides is 1. The van der Waals surface area contributed by atoms with Gasteiger partial charge in [0, 0.05) is 12.1 Å². The zero-order valence-corrected chi connectivity index (χ0v) is 10.5. The molecule has 1 spiro atoms. The van der Waals surface area contributed by atoms with E-state index in [9.17, 15) is 4.79 Å². The Bertz CT molecular complexity index is 291. The van der Waals surface area contributed by atoms with Crippen molar-refractivity contribution in [2.75, 3.05) is 6.54 Å². The highest BCUT2D eigenvalue weighted by molar-refractivity contribution is 5.87. The Hall–Kier alpha value is -0.790. The Labute approximate surface area is 98.7 Å². The van der Waals surface area contributed by atoms with Crippen LogP contribution in [0.5, 0.6) is 0 Å². The summed E-state index contributed by atoms with van der Waals surface area (Å²) in [5.41, 5.74) is 0.207. The number of carbonyl (C=O) groups is 1. The predicted octanol–water partition coefficient (Wildman–Crippen LogP) is 2.99. The molecule has 16 heavy (non-hydrogen) atoms. The van der Waals surface area contributed by atoms with Gasteiger partial charge in [0.25, 0.3) is 0 Å². The first-order valence-electron chi connectivity index (χ1n) is 6.53. The van der Waals surface area contributed by atoms with Gasteiger partial charge in [0.2, 0.25) is 5.91 Å². The quantitative estimate of drug-likeness (QED) is 0.656. The molecule has 0 N–H and O–H groups in total. The molecular weight excluding hydrogens is 198 g/mol. The van der Waals surface area contributed by atoms with Gasteiger partial charge in [-0.05, 0) is 50.0 Å². The van der Waals surface area contributed by atoms with Crippen LogP contribution in [-0.2, 0) is 4.79 Å². The number of nitrogens with zero attached hydrogens (tertiary/aromatic N) is 1. The number of rotatable bonds is 2. The molecule has 1 saturated heterocycles. The maximum absolute atomic E-state index is 11.9. The summed E-state index contributed by atoms with van der Waals surface area (Å²) in [6, 6.07) is 0. The maximum Gasteiger partial charge on any atom is 0.246 e. The summed E-state index contributed by atoms with van der Waals surface area (Å²) in [7, 11) is 0. The molecule has 0 aromatic heterocycles. The largest absolute Gasteiger partial charge is 0.333 e. The lowest BCUT2D eigenvalue weighted by molar-refractivity contribution is -0.142. The van der Waals surface area contributed by atoms with Crippen molar-refractivity contribution in [2.45, 2.75) is 51.5 Å². The summed E-state index contributed by atoms with van der Waals surface area (Å²) in [6.07, 6.45) is 7.55. The minimum Gasteiger partial charge on any atom is -0.333 e. The van der Waals surface area contributed by atoms with Crippen LogP contribution in [0, 0.1) is 11.8 Å². The highest BCUT2D eigenvalue weighted by Crippen LogP contribution is 2.47. The van der Waals surface area contributed by atoms with Crippen molar-refractivity contribution < 1.29 is 4.79 Å². The highest BCUT2D eigenvalue weighted by atomic mass is 16.2. The molecule has 2 heteroatoms. The molecule has 90 valence electrons. The van der Waals surface area contributed by atoms with E-state index in [1.165, 1.54) is 38.2 Å². The maximum atomic E-state index is 11.9. The standard InChI is InChI=1S/C14H23NO/c1-4-13(16)15-9-6-12(11(2)3)10-14(15)7-5-8-14/h4,11-12H,1,5-10H2,2-3H3. The second-order valence-corrected chi connectivity index (χ2v) is 5.77. The molecule has 0 aromatic rings. The van der Waals surface area contributed by atoms with E-state index < -0.39 is 0 Å². The lowest BCUT2D eigenvalue weighted by Gasteiger charge is -2.55. The Morgan fingerprint density at radius 2 is 2.19 bits per heavy atom. The first-order chi connectivity index (χ1) is 7.59. The lowest BCUT2D eigenvalue weighted by Crippen LogP contribution is -2.60. The Balaban J connectivity index is 2.12. The molecule has 1 atom stereocenters. The lowest BCUT2D eigenvalue weighted by atomic mass is 9.65. The number of carbonyl (C=O) groups excluding carboxylic acids is 1. The van der Waals surface area contributed by atoms with Crippen LogP contribution in [0.25, 0.3) is 0 Å². The summed E-state index contributed by atoms with van der Waals surface area (Å²) in [5, 5.41) is 0. The third-order valence-electron chi connectivity index (χ3n) is 4.61. The van der Waals surface area contributed by atoms with E-state index in [0.717, 1.165) is 18.4 Å². The van der Waals surface area contributed by atoms with Crippen molar-refractivity contribution in [2.24, 2.45) is 11.8 Å². The molecule has 1 aliphatic heterocycles. The summed E-state index contributed by atoms with van der Waals surface area (Å²) in [4.78, 5) is 14.0. The van der Waals surface area contributed by atoms with E-state index in [2.05, 4.69) is 25.3 Å². The second-order valence-electron chi connectivity index (χ2n) is 5.77. The summed E-state index contributed by atoms with van der Waals surface area (Å²) in [5.74, 6) is 1.69. The zero-order valence-electron chi connectivity index (χ0n) is 10.5. The molecule has 0 bridgehead atoms. The van der Waals surface area contributed by atoms with E-state index in [0.29, 0.717) is 0 Å². The fourth-order valence-electron chi connectivity index (χ4n) is 3.31. The normalized spacial score (nSPS) is 27.9. The van der Waals surface area contributed by atoms with Gasteiger partial charge in [0.15, 0.2) is 0 Å². The van der Waals surface area contributed by atoms with Gasteiger partial charge in [-0.25, -0.2) is 0 Å². The molecule has 0 aromatic carbocycles. The molecule has 2 fully saturated rings. The molecule has 1 amide bonds. The van der Waals surface area contributed by atoms with Crippen LogP contribution in [0.1, 0.15) is 46.0 Å². The van der Waals surface area contributed by atoms with Crippen LogP contribution >= 0.6 is 0 Å². The molecule has 1 aliphatic carbocycles. The molecule has 2 aliphatic rings. The van der Waals surface area contributed by atoms with Crippen LogP contribution in [0.2, 0.25) is 0 Å². The average Bonchev–Trinajstić information content (AvgIpc) is 2.24. The molecule has 1 heterocycles. The highest BCUT2D eigenvalue weighted by Gasteiger charge is 2.48. The van der Waals surface area contributed by atoms with E-state index in [4.69, 9.17) is 0 Å². The van der Waals surface area contributed by atoms with Crippen LogP contribution in [0.15, 0.2) is 12.7 Å². The van der Waals surface area contributed by atoms with Gasteiger partial charge in [-0.2, -0.15) is 0 Å². The number of hydrogen-bond donors (Lipinski definition) is 0. The van der Waals surface area contributed by atoms with Crippen LogP contribution < -0.4 is 0 Å². The average molecular weight is 221 g/mol. The summed E-state index contributed by atoms with van der Waals surface area (Å²) >= 11 is 0. The van der Waals surface area contributed by atoms with Gasteiger partial charge in [-0.3, -0.25) is 4.79 Å². The number of hydrogen-bond acceptors (Lipinski definition) is 1. The minimum atomic E-state index is 0.141. The number of piperidine rings is 1. The Morgan fingerprint density at radius 1 is 1.50 bits per heavy atom. The molecular formula is C14H23NO. The smallest absolute Gasteiger partial charge is 0.246 e. The van der Waals surface area contributed by atoms with Gasteiger partial charge in [-0.1, -0.05) is 20.4 Å². The summed E-state index contributed by atoms with van der Waals surface area (Å²) in [6.45, 7) is 9.18. The van der Waals surface area contributed by atoms with Crippen molar-refractivity contribution in [3.8, 4) is 0 Å². The van der Waals surface area contributed by atoms with E-state index in [1.807, 2.05) is 0 Å². The molecule has 1 unspecified atom stereocenters. The molecule has 0 radical (unpaired) electrons. The molecule has 1 saturated carbocycles.